The van der Waals surface area contributed by atoms with Crippen molar-refractivity contribution in [3.63, 3.8) is 0 Å². The maximum atomic E-state index is 5.99. The van der Waals surface area contributed by atoms with Crippen molar-refractivity contribution in [3.05, 3.63) is 22.9 Å². The highest BCUT2D eigenvalue weighted by atomic mass is 15.2. The Hall–Kier alpha value is -1.09. The molecule has 3 heteroatoms. The number of anilines is 1. The normalized spacial score (nSPS) is 11.4. The summed E-state index contributed by atoms with van der Waals surface area (Å²) in [7, 11) is 0. The van der Waals surface area contributed by atoms with E-state index in [0.717, 1.165) is 30.9 Å². The van der Waals surface area contributed by atoms with E-state index in [1.807, 2.05) is 0 Å². The summed E-state index contributed by atoms with van der Waals surface area (Å²) in [4.78, 5) is 7.30. The summed E-state index contributed by atoms with van der Waals surface area (Å²) in [5.41, 5.74) is 9.52. The van der Waals surface area contributed by atoms with Gasteiger partial charge in [0.1, 0.15) is 5.82 Å². The fraction of sp³-hybridized carbons (Fsp3) is 0.706. The highest BCUT2D eigenvalue weighted by molar-refractivity contribution is 5.52. The standard InChI is InChI=1S/C17H31N3/c1-7-15(8-2)20(11-12(3)4)17-16(10-18)13(5)9-14(6)19-17/h9,12,15H,7-8,10-11,18H2,1-6H3. The Kier molecular flexibility index (Phi) is 6.47. The van der Waals surface area contributed by atoms with Crippen molar-refractivity contribution in [2.24, 2.45) is 11.7 Å². The SMILES string of the molecule is CCC(CC)N(CC(C)C)c1nc(C)cc(C)c1CN. The summed E-state index contributed by atoms with van der Waals surface area (Å²) < 4.78 is 0. The van der Waals surface area contributed by atoms with E-state index in [1.165, 1.54) is 11.1 Å². The third-order valence-corrected chi connectivity index (χ3v) is 3.87. The zero-order chi connectivity index (χ0) is 15.3. The van der Waals surface area contributed by atoms with E-state index in [2.05, 4.69) is 52.5 Å². The molecule has 0 spiro atoms. The van der Waals surface area contributed by atoms with Gasteiger partial charge in [0.2, 0.25) is 0 Å². The van der Waals surface area contributed by atoms with Crippen LogP contribution in [0.2, 0.25) is 0 Å². The number of aryl methyl sites for hydroxylation is 2. The van der Waals surface area contributed by atoms with Crippen LogP contribution in [0, 0.1) is 19.8 Å². The van der Waals surface area contributed by atoms with Gasteiger partial charge in [-0.1, -0.05) is 27.7 Å². The van der Waals surface area contributed by atoms with Gasteiger partial charge in [-0.15, -0.1) is 0 Å². The molecule has 2 N–H and O–H groups in total. The van der Waals surface area contributed by atoms with E-state index >= 15 is 0 Å². The summed E-state index contributed by atoms with van der Waals surface area (Å²) in [6.45, 7) is 14.8. The van der Waals surface area contributed by atoms with Crippen LogP contribution >= 0.6 is 0 Å². The molecule has 0 fully saturated rings. The second-order valence-corrected chi connectivity index (χ2v) is 6.10. The quantitative estimate of drug-likeness (QED) is 0.824. The lowest BCUT2D eigenvalue weighted by atomic mass is 10.0. The molecule has 1 aromatic heterocycles. The Morgan fingerprint density at radius 1 is 1.20 bits per heavy atom. The van der Waals surface area contributed by atoms with Crippen molar-refractivity contribution in [2.75, 3.05) is 11.4 Å². The molecule has 1 aromatic rings. The number of aromatic nitrogens is 1. The second-order valence-electron chi connectivity index (χ2n) is 6.10. The van der Waals surface area contributed by atoms with Crippen molar-refractivity contribution >= 4 is 5.82 Å². The molecule has 0 unspecified atom stereocenters. The Bertz CT molecular complexity index is 422. The highest BCUT2D eigenvalue weighted by Crippen LogP contribution is 2.26. The van der Waals surface area contributed by atoms with Crippen LogP contribution < -0.4 is 10.6 Å². The molecule has 0 saturated heterocycles. The molecule has 0 aliphatic heterocycles. The summed E-state index contributed by atoms with van der Waals surface area (Å²) in [5.74, 6) is 1.72. The number of hydrogen-bond acceptors (Lipinski definition) is 3. The predicted octanol–water partition coefficient (Wildman–Crippen LogP) is 3.81. The zero-order valence-corrected chi connectivity index (χ0v) is 14.0. The Morgan fingerprint density at radius 3 is 2.25 bits per heavy atom. The maximum absolute atomic E-state index is 5.99. The van der Waals surface area contributed by atoms with Gasteiger partial charge in [-0.3, -0.25) is 0 Å². The maximum Gasteiger partial charge on any atom is 0.133 e. The minimum absolute atomic E-state index is 0.538. The molecule has 0 bridgehead atoms. The van der Waals surface area contributed by atoms with Crippen molar-refractivity contribution in [3.8, 4) is 0 Å². The topological polar surface area (TPSA) is 42.2 Å². The number of rotatable bonds is 7. The van der Waals surface area contributed by atoms with Crippen molar-refractivity contribution in [1.82, 2.24) is 4.98 Å². The molecule has 0 atom stereocenters. The molecule has 1 rings (SSSR count). The Morgan fingerprint density at radius 2 is 1.80 bits per heavy atom. The largest absolute Gasteiger partial charge is 0.353 e. The van der Waals surface area contributed by atoms with Crippen LogP contribution in [0.3, 0.4) is 0 Å². The first-order valence-corrected chi connectivity index (χ1v) is 7.88. The van der Waals surface area contributed by atoms with E-state index in [4.69, 9.17) is 10.7 Å². The van der Waals surface area contributed by atoms with Crippen LogP contribution in [0.25, 0.3) is 0 Å². The van der Waals surface area contributed by atoms with Gasteiger partial charge in [-0.05, 0) is 44.2 Å². The average Bonchev–Trinajstić information content (AvgIpc) is 2.37. The second kappa shape index (κ2) is 7.63. The number of hydrogen-bond donors (Lipinski definition) is 1. The summed E-state index contributed by atoms with van der Waals surface area (Å²) in [6.07, 6.45) is 2.28. The average molecular weight is 277 g/mol. The van der Waals surface area contributed by atoms with Gasteiger partial charge in [0.15, 0.2) is 0 Å². The van der Waals surface area contributed by atoms with E-state index in [0.29, 0.717) is 18.5 Å². The fourth-order valence-electron chi connectivity index (χ4n) is 2.86. The Balaban J connectivity index is 3.31. The van der Waals surface area contributed by atoms with Crippen LogP contribution in [0.15, 0.2) is 6.07 Å². The first kappa shape index (κ1) is 17.0. The van der Waals surface area contributed by atoms with Crippen LogP contribution in [0.4, 0.5) is 5.82 Å². The van der Waals surface area contributed by atoms with E-state index in [1.54, 1.807) is 0 Å². The molecule has 0 aliphatic carbocycles. The molecule has 0 saturated carbocycles. The lowest BCUT2D eigenvalue weighted by molar-refractivity contribution is 0.501. The number of nitrogens with two attached hydrogens (primary N) is 1. The number of nitrogens with zero attached hydrogens (tertiary/aromatic N) is 2. The summed E-state index contributed by atoms with van der Waals surface area (Å²) in [6, 6.07) is 2.67. The molecule has 1 heterocycles. The molecular formula is C17H31N3. The monoisotopic (exact) mass is 277 g/mol. The first-order chi connectivity index (χ1) is 9.44. The lowest BCUT2D eigenvalue weighted by Gasteiger charge is -2.35. The van der Waals surface area contributed by atoms with Crippen LogP contribution in [0.5, 0.6) is 0 Å². The van der Waals surface area contributed by atoms with Gasteiger partial charge in [0, 0.05) is 30.4 Å². The van der Waals surface area contributed by atoms with Gasteiger partial charge in [0.25, 0.3) is 0 Å². The Labute approximate surface area is 124 Å². The van der Waals surface area contributed by atoms with Gasteiger partial charge in [0.05, 0.1) is 0 Å². The zero-order valence-electron chi connectivity index (χ0n) is 14.0. The van der Waals surface area contributed by atoms with Crippen LogP contribution in [0.1, 0.15) is 57.4 Å². The first-order valence-electron chi connectivity index (χ1n) is 7.88. The van der Waals surface area contributed by atoms with Crippen molar-refractivity contribution < 1.29 is 0 Å². The number of pyridine rings is 1. The molecule has 3 nitrogen and oxygen atoms in total. The van der Waals surface area contributed by atoms with Crippen molar-refractivity contribution in [1.29, 1.82) is 0 Å². The summed E-state index contributed by atoms with van der Waals surface area (Å²) in [5, 5.41) is 0. The molecular weight excluding hydrogens is 246 g/mol. The molecule has 114 valence electrons. The highest BCUT2D eigenvalue weighted by Gasteiger charge is 2.21. The van der Waals surface area contributed by atoms with Crippen molar-refractivity contribution in [2.45, 2.75) is 67.0 Å². The van der Waals surface area contributed by atoms with Gasteiger partial charge in [-0.25, -0.2) is 4.98 Å². The minimum atomic E-state index is 0.538. The summed E-state index contributed by atoms with van der Waals surface area (Å²) >= 11 is 0. The van der Waals surface area contributed by atoms with Gasteiger partial charge in [-0.2, -0.15) is 0 Å². The van der Waals surface area contributed by atoms with Gasteiger partial charge >= 0.3 is 0 Å². The molecule has 20 heavy (non-hydrogen) atoms. The van der Waals surface area contributed by atoms with E-state index < -0.39 is 0 Å². The van der Waals surface area contributed by atoms with E-state index in [-0.39, 0.29) is 0 Å². The van der Waals surface area contributed by atoms with Crippen LogP contribution in [-0.4, -0.2) is 17.6 Å². The fourth-order valence-corrected chi connectivity index (χ4v) is 2.86. The molecule has 0 aromatic carbocycles. The lowest BCUT2D eigenvalue weighted by Crippen LogP contribution is -2.39. The van der Waals surface area contributed by atoms with Crippen LogP contribution in [-0.2, 0) is 6.54 Å². The predicted molar refractivity (Wildman–Crippen MR) is 88.2 cm³/mol. The third-order valence-electron chi connectivity index (χ3n) is 3.87. The molecule has 0 aliphatic rings. The molecule has 0 amide bonds. The minimum Gasteiger partial charge on any atom is -0.353 e. The van der Waals surface area contributed by atoms with Gasteiger partial charge < -0.3 is 10.6 Å². The smallest absolute Gasteiger partial charge is 0.133 e. The van der Waals surface area contributed by atoms with E-state index in [9.17, 15) is 0 Å². The third kappa shape index (κ3) is 3.95. The molecule has 0 radical (unpaired) electrons.